The Kier molecular flexibility index (Phi) is 4.64. The second-order valence-electron chi connectivity index (χ2n) is 6.52. The maximum absolute atomic E-state index is 13.0. The third-order valence-corrected chi connectivity index (χ3v) is 5.18. The largest absolute Gasteiger partial charge is 0.495 e. The van der Waals surface area contributed by atoms with E-state index in [1.54, 1.807) is 19.2 Å². The van der Waals surface area contributed by atoms with Crippen molar-refractivity contribution in [1.29, 1.82) is 0 Å². The van der Waals surface area contributed by atoms with Crippen LogP contribution in [0.5, 0.6) is 5.75 Å². The lowest BCUT2D eigenvalue weighted by Gasteiger charge is -2.30. The van der Waals surface area contributed by atoms with Gasteiger partial charge in [-0.15, -0.1) is 0 Å². The van der Waals surface area contributed by atoms with Gasteiger partial charge in [-0.3, -0.25) is 9.69 Å². The molecule has 1 aromatic heterocycles. The molecule has 0 bridgehead atoms. The summed E-state index contributed by atoms with van der Waals surface area (Å²) >= 11 is 6.29. The van der Waals surface area contributed by atoms with Crippen molar-refractivity contribution in [2.75, 3.05) is 20.2 Å². The number of pyridine rings is 1. The van der Waals surface area contributed by atoms with Crippen LogP contribution in [-0.2, 0) is 6.54 Å². The molecule has 2 heterocycles. The van der Waals surface area contributed by atoms with Crippen molar-refractivity contribution in [3.05, 3.63) is 38.6 Å². The van der Waals surface area contributed by atoms with E-state index < -0.39 is 0 Å². The second-order valence-corrected chi connectivity index (χ2v) is 6.92. The summed E-state index contributed by atoms with van der Waals surface area (Å²) in [6.45, 7) is 7.01. The highest BCUT2D eigenvalue weighted by molar-refractivity contribution is 6.35. The summed E-state index contributed by atoms with van der Waals surface area (Å²) in [6, 6.07) is 3.51. The first-order valence-corrected chi connectivity index (χ1v) is 8.49. The Morgan fingerprint density at radius 1 is 1.35 bits per heavy atom. The van der Waals surface area contributed by atoms with Crippen molar-refractivity contribution < 1.29 is 4.74 Å². The van der Waals surface area contributed by atoms with E-state index >= 15 is 0 Å². The number of aromatic nitrogens is 1. The maximum atomic E-state index is 13.0. The van der Waals surface area contributed by atoms with Crippen molar-refractivity contribution in [2.24, 2.45) is 5.92 Å². The number of rotatable bonds is 3. The van der Waals surface area contributed by atoms with Gasteiger partial charge in [-0.1, -0.05) is 18.5 Å². The van der Waals surface area contributed by atoms with E-state index in [2.05, 4.69) is 16.8 Å². The summed E-state index contributed by atoms with van der Waals surface area (Å²) in [6.07, 6.45) is 2.39. The highest BCUT2D eigenvalue weighted by Gasteiger charge is 2.20. The number of aryl methyl sites for hydroxylation is 1. The van der Waals surface area contributed by atoms with Crippen molar-refractivity contribution in [2.45, 2.75) is 33.2 Å². The van der Waals surface area contributed by atoms with Gasteiger partial charge in [0.15, 0.2) is 5.43 Å². The first-order chi connectivity index (χ1) is 11.0. The number of nitrogens with one attached hydrogen (secondary N) is 1. The van der Waals surface area contributed by atoms with E-state index in [0.717, 1.165) is 30.3 Å². The van der Waals surface area contributed by atoms with Gasteiger partial charge in [0.1, 0.15) is 5.75 Å². The molecule has 4 nitrogen and oxygen atoms in total. The third-order valence-electron chi connectivity index (χ3n) is 4.86. The molecule has 0 aliphatic carbocycles. The Morgan fingerprint density at radius 2 is 2.04 bits per heavy atom. The van der Waals surface area contributed by atoms with Gasteiger partial charge >= 0.3 is 0 Å². The Bertz CT molecular complexity index is 777. The molecule has 0 saturated carbocycles. The molecular formula is C18H23ClN2O2. The molecule has 1 fully saturated rings. The molecule has 0 atom stereocenters. The molecule has 2 aromatic rings. The normalized spacial score (nSPS) is 16.9. The minimum atomic E-state index is 0.0128. The molecular weight excluding hydrogens is 312 g/mol. The number of piperidine rings is 1. The first kappa shape index (κ1) is 16.3. The molecule has 3 rings (SSSR count). The molecule has 23 heavy (non-hydrogen) atoms. The number of H-pyrrole nitrogens is 1. The van der Waals surface area contributed by atoms with E-state index in [0.29, 0.717) is 28.2 Å². The molecule has 124 valence electrons. The lowest BCUT2D eigenvalue weighted by Crippen LogP contribution is -2.34. The Morgan fingerprint density at radius 3 is 2.70 bits per heavy atom. The van der Waals surface area contributed by atoms with Gasteiger partial charge < -0.3 is 9.72 Å². The number of nitrogens with zero attached hydrogens (tertiary/aromatic N) is 1. The molecule has 1 aliphatic rings. The summed E-state index contributed by atoms with van der Waals surface area (Å²) in [5.41, 5.74) is 2.39. The Hall–Kier alpha value is -1.52. The summed E-state index contributed by atoms with van der Waals surface area (Å²) < 4.78 is 5.35. The van der Waals surface area contributed by atoms with Crippen LogP contribution in [0.25, 0.3) is 10.9 Å². The predicted octanol–water partition coefficient (Wildman–Crippen LogP) is 3.73. The van der Waals surface area contributed by atoms with E-state index in [9.17, 15) is 4.79 Å². The van der Waals surface area contributed by atoms with E-state index in [4.69, 9.17) is 16.3 Å². The molecule has 1 N–H and O–H groups in total. The fourth-order valence-electron chi connectivity index (χ4n) is 3.29. The minimum Gasteiger partial charge on any atom is -0.495 e. The number of benzene rings is 1. The summed E-state index contributed by atoms with van der Waals surface area (Å²) in [5.74, 6) is 1.42. The number of aromatic amines is 1. The zero-order chi connectivity index (χ0) is 16.6. The van der Waals surface area contributed by atoms with Crippen LogP contribution in [0.4, 0.5) is 0 Å². The number of halogens is 1. The van der Waals surface area contributed by atoms with Crippen LogP contribution < -0.4 is 10.2 Å². The summed E-state index contributed by atoms with van der Waals surface area (Å²) in [5, 5.41) is 0.993. The number of hydrogen-bond acceptors (Lipinski definition) is 3. The predicted molar refractivity (Wildman–Crippen MR) is 94.5 cm³/mol. The van der Waals surface area contributed by atoms with Crippen molar-refractivity contribution in [1.82, 2.24) is 9.88 Å². The fraction of sp³-hybridized carbons (Fsp3) is 0.500. The van der Waals surface area contributed by atoms with Gasteiger partial charge in [-0.25, -0.2) is 0 Å². The highest BCUT2D eigenvalue weighted by atomic mass is 35.5. The molecule has 0 radical (unpaired) electrons. The van der Waals surface area contributed by atoms with Crippen molar-refractivity contribution >= 4 is 22.5 Å². The number of fused-ring (bicyclic) bond motifs is 1. The van der Waals surface area contributed by atoms with Crippen LogP contribution in [0.2, 0.25) is 5.02 Å². The number of methoxy groups -OCH3 is 1. The van der Waals surface area contributed by atoms with Gasteiger partial charge in [-0.05, 0) is 50.9 Å². The summed E-state index contributed by atoms with van der Waals surface area (Å²) in [4.78, 5) is 18.7. The Labute approximate surface area is 141 Å². The van der Waals surface area contributed by atoms with Gasteiger partial charge in [0.25, 0.3) is 0 Å². The quantitative estimate of drug-likeness (QED) is 0.930. The fourth-order valence-corrected chi connectivity index (χ4v) is 3.54. The van der Waals surface area contributed by atoms with Crippen LogP contribution in [-0.4, -0.2) is 30.1 Å². The monoisotopic (exact) mass is 334 g/mol. The highest BCUT2D eigenvalue weighted by Crippen LogP contribution is 2.29. The average Bonchev–Trinajstić information content (AvgIpc) is 2.53. The van der Waals surface area contributed by atoms with Crippen LogP contribution in [0, 0.1) is 12.8 Å². The maximum Gasteiger partial charge on any atom is 0.195 e. The smallest absolute Gasteiger partial charge is 0.195 e. The van der Waals surface area contributed by atoms with Crippen molar-refractivity contribution in [3.63, 3.8) is 0 Å². The van der Waals surface area contributed by atoms with E-state index in [-0.39, 0.29) is 5.43 Å². The molecule has 1 aromatic carbocycles. The zero-order valence-corrected chi connectivity index (χ0v) is 14.7. The standard InChI is InChI=1S/C18H23ClN2O2/c1-11-6-8-21(9-7-11)10-13-12(2)20-17-15(23-3)5-4-14(19)16(17)18(13)22/h4-5,11H,6-10H2,1-3H3,(H,20,22). The van der Waals surface area contributed by atoms with Gasteiger partial charge in [0, 0.05) is 17.8 Å². The molecule has 0 amide bonds. The molecule has 0 spiro atoms. The topological polar surface area (TPSA) is 45.3 Å². The third kappa shape index (κ3) is 3.10. The van der Waals surface area contributed by atoms with Crippen LogP contribution >= 0.6 is 11.6 Å². The van der Waals surface area contributed by atoms with Gasteiger partial charge in [-0.2, -0.15) is 0 Å². The van der Waals surface area contributed by atoms with Crippen LogP contribution in [0.15, 0.2) is 16.9 Å². The second kappa shape index (κ2) is 6.54. The SMILES string of the molecule is COc1ccc(Cl)c2c(=O)c(CN3CCC(C)CC3)c(C)[nH]c12. The van der Waals surface area contributed by atoms with Crippen LogP contribution in [0.3, 0.4) is 0 Å². The molecule has 1 saturated heterocycles. The molecule has 0 unspecified atom stereocenters. The molecule has 5 heteroatoms. The number of hydrogen-bond donors (Lipinski definition) is 1. The van der Waals surface area contributed by atoms with E-state index in [1.165, 1.54) is 12.8 Å². The first-order valence-electron chi connectivity index (χ1n) is 8.11. The zero-order valence-electron chi connectivity index (χ0n) is 13.9. The number of likely N-dealkylation sites (tertiary alicyclic amines) is 1. The van der Waals surface area contributed by atoms with E-state index in [1.807, 2.05) is 6.92 Å². The number of ether oxygens (including phenoxy) is 1. The lowest BCUT2D eigenvalue weighted by molar-refractivity contribution is 0.184. The van der Waals surface area contributed by atoms with Crippen LogP contribution in [0.1, 0.15) is 31.0 Å². The van der Waals surface area contributed by atoms with Crippen molar-refractivity contribution in [3.8, 4) is 5.75 Å². The van der Waals surface area contributed by atoms with Gasteiger partial charge in [0.05, 0.1) is 23.0 Å². The Balaban J connectivity index is 2.05. The van der Waals surface area contributed by atoms with Gasteiger partial charge in [0.2, 0.25) is 0 Å². The minimum absolute atomic E-state index is 0.0128. The average molecular weight is 335 g/mol. The molecule has 1 aliphatic heterocycles. The summed E-state index contributed by atoms with van der Waals surface area (Å²) in [7, 11) is 1.60. The lowest BCUT2D eigenvalue weighted by atomic mass is 9.98.